The molecule has 2 heterocycles. The summed E-state index contributed by atoms with van der Waals surface area (Å²) in [5.74, 6) is -0.170. The van der Waals surface area contributed by atoms with Crippen molar-refractivity contribution in [2.45, 2.75) is 17.8 Å². The van der Waals surface area contributed by atoms with Crippen LogP contribution in [-0.2, 0) is 5.75 Å². The van der Waals surface area contributed by atoms with E-state index in [0.29, 0.717) is 16.7 Å². The third kappa shape index (κ3) is 3.04. The van der Waals surface area contributed by atoms with Crippen LogP contribution < -0.4 is 0 Å². The van der Waals surface area contributed by atoms with Crippen molar-refractivity contribution in [2.75, 3.05) is 0 Å². The number of hydrogen-bond acceptors (Lipinski definition) is 6. The topological polar surface area (TPSA) is 89.1 Å². The van der Waals surface area contributed by atoms with Gasteiger partial charge in [-0.1, -0.05) is 16.9 Å². The molecule has 7 heteroatoms. The first-order valence-electron chi connectivity index (χ1n) is 4.75. The molecule has 0 fully saturated rings. The van der Waals surface area contributed by atoms with Gasteiger partial charge in [-0.15, -0.1) is 0 Å². The average molecular weight is 251 g/mol. The molecular weight excluding hydrogens is 242 g/mol. The maximum absolute atomic E-state index is 10.6. The number of hydrogen-bond donors (Lipinski definition) is 1. The van der Waals surface area contributed by atoms with Crippen LogP contribution >= 0.6 is 11.8 Å². The van der Waals surface area contributed by atoms with Crippen LogP contribution in [0.4, 0.5) is 0 Å². The second-order valence-electron chi connectivity index (χ2n) is 3.32. The predicted molar refractivity (Wildman–Crippen MR) is 59.8 cm³/mol. The van der Waals surface area contributed by atoms with Gasteiger partial charge in [0, 0.05) is 18.5 Å². The third-order valence-electron chi connectivity index (χ3n) is 1.88. The number of thioether (sulfide) groups is 1. The molecule has 2 aromatic rings. The number of aromatic nitrogens is 3. The third-order valence-corrected chi connectivity index (χ3v) is 2.78. The van der Waals surface area contributed by atoms with Crippen LogP contribution in [0.5, 0.6) is 0 Å². The summed E-state index contributed by atoms with van der Waals surface area (Å²) in [5, 5.41) is 12.7. The number of carboxylic acids is 1. The Bertz CT molecular complexity index is 524. The molecule has 0 aliphatic carbocycles. The fourth-order valence-corrected chi connectivity index (χ4v) is 1.73. The zero-order chi connectivity index (χ0) is 12.3. The van der Waals surface area contributed by atoms with Gasteiger partial charge in [-0.25, -0.2) is 14.8 Å². The fraction of sp³-hybridized carbons (Fsp3) is 0.200. The average Bonchev–Trinajstić information content (AvgIpc) is 2.77. The van der Waals surface area contributed by atoms with Gasteiger partial charge in [-0.05, 0) is 12.5 Å². The van der Waals surface area contributed by atoms with Crippen molar-refractivity contribution in [3.63, 3.8) is 0 Å². The van der Waals surface area contributed by atoms with Crippen LogP contribution in [0.3, 0.4) is 0 Å². The number of aryl methyl sites for hydroxylation is 1. The lowest BCUT2D eigenvalue weighted by atomic mass is 10.4. The molecule has 0 aliphatic heterocycles. The summed E-state index contributed by atoms with van der Waals surface area (Å²) in [6.45, 7) is 1.91. The number of aromatic carboxylic acids is 1. The highest BCUT2D eigenvalue weighted by molar-refractivity contribution is 7.98. The van der Waals surface area contributed by atoms with Crippen LogP contribution in [0.15, 0.2) is 28.1 Å². The van der Waals surface area contributed by atoms with Crippen molar-refractivity contribution >= 4 is 17.7 Å². The van der Waals surface area contributed by atoms with E-state index in [-0.39, 0.29) is 5.69 Å². The van der Waals surface area contributed by atoms with E-state index in [0.717, 1.165) is 5.56 Å². The van der Waals surface area contributed by atoms with Gasteiger partial charge in [0.25, 0.3) is 0 Å². The minimum absolute atomic E-state index is 0.0922. The zero-order valence-electron chi connectivity index (χ0n) is 8.95. The highest BCUT2D eigenvalue weighted by Gasteiger charge is 2.11. The smallest absolute Gasteiger partial charge is 0.358 e. The van der Waals surface area contributed by atoms with Crippen LogP contribution in [0.2, 0.25) is 0 Å². The summed E-state index contributed by atoms with van der Waals surface area (Å²) in [6, 6.07) is 1.39. The van der Waals surface area contributed by atoms with E-state index >= 15 is 0 Å². The number of carboxylic acid groups (broad SMARTS) is 1. The first-order valence-corrected chi connectivity index (χ1v) is 5.74. The van der Waals surface area contributed by atoms with E-state index in [2.05, 4.69) is 15.1 Å². The molecule has 0 aliphatic rings. The molecule has 0 aromatic carbocycles. The van der Waals surface area contributed by atoms with E-state index in [4.69, 9.17) is 9.63 Å². The highest BCUT2D eigenvalue weighted by atomic mass is 32.2. The lowest BCUT2D eigenvalue weighted by Crippen LogP contribution is -1.94. The van der Waals surface area contributed by atoms with E-state index in [9.17, 15) is 4.79 Å². The highest BCUT2D eigenvalue weighted by Crippen LogP contribution is 2.19. The molecule has 0 unspecified atom stereocenters. The Labute approximate surface area is 101 Å². The molecule has 17 heavy (non-hydrogen) atoms. The number of nitrogens with zero attached hydrogens (tertiary/aromatic N) is 3. The Balaban J connectivity index is 1.97. The van der Waals surface area contributed by atoms with Crippen molar-refractivity contribution in [3.05, 3.63) is 35.5 Å². The van der Waals surface area contributed by atoms with Crippen molar-refractivity contribution < 1.29 is 14.4 Å². The van der Waals surface area contributed by atoms with Gasteiger partial charge < -0.3 is 9.63 Å². The Morgan fingerprint density at radius 2 is 2.18 bits per heavy atom. The Morgan fingerprint density at radius 1 is 1.47 bits per heavy atom. The van der Waals surface area contributed by atoms with Gasteiger partial charge in [-0.2, -0.15) is 0 Å². The summed E-state index contributed by atoms with van der Waals surface area (Å²) < 4.78 is 4.86. The molecule has 2 rings (SSSR count). The summed E-state index contributed by atoms with van der Waals surface area (Å²) >= 11 is 1.36. The van der Waals surface area contributed by atoms with Crippen LogP contribution in [0.1, 0.15) is 21.8 Å². The minimum Gasteiger partial charge on any atom is -0.476 e. The van der Waals surface area contributed by atoms with Crippen molar-refractivity contribution in [3.8, 4) is 0 Å². The first-order chi connectivity index (χ1) is 8.15. The molecule has 88 valence electrons. The van der Waals surface area contributed by atoms with Crippen molar-refractivity contribution in [1.82, 2.24) is 15.1 Å². The molecular formula is C10H9N3O3S. The van der Waals surface area contributed by atoms with Gasteiger partial charge in [0.15, 0.2) is 10.9 Å². The quantitative estimate of drug-likeness (QED) is 0.654. The van der Waals surface area contributed by atoms with Gasteiger partial charge in [0.2, 0.25) is 0 Å². The summed E-state index contributed by atoms with van der Waals surface area (Å²) in [4.78, 5) is 18.8. The molecule has 1 N–H and O–H groups in total. The fourth-order valence-electron chi connectivity index (χ4n) is 1.07. The molecule has 0 saturated carbocycles. The van der Waals surface area contributed by atoms with E-state index < -0.39 is 5.97 Å². The largest absolute Gasteiger partial charge is 0.476 e. The number of carbonyl (C=O) groups is 1. The summed E-state index contributed by atoms with van der Waals surface area (Å²) in [6.07, 6.45) is 3.44. The second-order valence-corrected chi connectivity index (χ2v) is 4.26. The van der Waals surface area contributed by atoms with Gasteiger partial charge in [0.1, 0.15) is 5.76 Å². The van der Waals surface area contributed by atoms with Gasteiger partial charge in [-0.3, -0.25) is 0 Å². The maximum Gasteiger partial charge on any atom is 0.358 e. The molecule has 2 aromatic heterocycles. The normalized spacial score (nSPS) is 10.4. The number of rotatable bonds is 4. The van der Waals surface area contributed by atoms with E-state index in [1.165, 1.54) is 17.8 Å². The van der Waals surface area contributed by atoms with Crippen LogP contribution in [-0.4, -0.2) is 26.2 Å². The molecule has 6 nitrogen and oxygen atoms in total. The van der Waals surface area contributed by atoms with Crippen LogP contribution in [0, 0.1) is 6.92 Å². The second kappa shape index (κ2) is 4.96. The SMILES string of the molecule is Cc1cnc(SCc2cc(C(=O)O)no2)nc1. The molecule has 0 amide bonds. The first kappa shape index (κ1) is 11.6. The van der Waals surface area contributed by atoms with Gasteiger partial charge in [0.05, 0.1) is 5.75 Å². The van der Waals surface area contributed by atoms with Crippen molar-refractivity contribution in [2.24, 2.45) is 0 Å². The van der Waals surface area contributed by atoms with Gasteiger partial charge >= 0.3 is 5.97 Å². The molecule has 0 spiro atoms. The standard InChI is InChI=1S/C10H9N3O3S/c1-6-3-11-10(12-4-6)17-5-7-2-8(9(14)15)13-16-7/h2-4H,5H2,1H3,(H,14,15). The monoisotopic (exact) mass is 251 g/mol. The molecule has 0 bridgehead atoms. The van der Waals surface area contributed by atoms with E-state index in [1.807, 2.05) is 6.92 Å². The zero-order valence-corrected chi connectivity index (χ0v) is 9.77. The van der Waals surface area contributed by atoms with Crippen molar-refractivity contribution in [1.29, 1.82) is 0 Å². The maximum atomic E-state index is 10.6. The van der Waals surface area contributed by atoms with E-state index in [1.54, 1.807) is 12.4 Å². The Hall–Kier alpha value is -1.89. The molecule has 0 saturated heterocycles. The lowest BCUT2D eigenvalue weighted by Gasteiger charge is -1.96. The van der Waals surface area contributed by atoms with Crippen LogP contribution in [0.25, 0.3) is 0 Å². The summed E-state index contributed by atoms with van der Waals surface area (Å²) in [5.41, 5.74) is 0.896. The lowest BCUT2D eigenvalue weighted by molar-refractivity contribution is 0.0685. The minimum atomic E-state index is -1.10. The Kier molecular flexibility index (Phi) is 3.38. The molecule has 0 atom stereocenters. The molecule has 0 radical (unpaired) electrons. The Morgan fingerprint density at radius 3 is 2.76 bits per heavy atom. The summed E-state index contributed by atoms with van der Waals surface area (Å²) in [7, 11) is 0. The predicted octanol–water partition coefficient (Wildman–Crippen LogP) is 1.76.